The van der Waals surface area contributed by atoms with Crippen LogP contribution in [0.25, 0.3) is 0 Å². The van der Waals surface area contributed by atoms with Crippen LogP contribution in [-0.2, 0) is 11.3 Å². The predicted molar refractivity (Wildman–Crippen MR) is 90.1 cm³/mol. The lowest BCUT2D eigenvalue weighted by Crippen LogP contribution is -2.25. The highest BCUT2D eigenvalue weighted by Gasteiger charge is 2.27. The van der Waals surface area contributed by atoms with E-state index in [0.29, 0.717) is 0 Å². The number of hydrogen-bond donors (Lipinski definition) is 1. The Morgan fingerprint density at radius 1 is 1.30 bits per heavy atom. The predicted octanol–water partition coefficient (Wildman–Crippen LogP) is 2.73. The number of amides is 1. The van der Waals surface area contributed by atoms with Crippen LogP contribution in [0.2, 0.25) is 0 Å². The molecule has 1 atom stereocenters. The highest BCUT2D eigenvalue weighted by Crippen LogP contribution is 2.25. The SMILES string of the molecule is CC(=O)N1CC[C@@H](c2nc(C)cc(NCc3ccccc3)n2)C1. The first-order valence-electron chi connectivity index (χ1n) is 8.00. The number of benzene rings is 1. The van der Waals surface area contributed by atoms with Crippen LogP contribution in [0, 0.1) is 6.92 Å². The van der Waals surface area contributed by atoms with Crippen molar-refractivity contribution in [3.63, 3.8) is 0 Å². The second kappa shape index (κ2) is 6.77. The van der Waals surface area contributed by atoms with Crippen LogP contribution in [0.15, 0.2) is 36.4 Å². The number of aryl methyl sites for hydroxylation is 1. The number of aromatic nitrogens is 2. The first-order chi connectivity index (χ1) is 11.1. The summed E-state index contributed by atoms with van der Waals surface area (Å²) >= 11 is 0. The van der Waals surface area contributed by atoms with Gasteiger partial charge in [-0.05, 0) is 18.9 Å². The molecule has 3 rings (SSSR count). The zero-order valence-electron chi connectivity index (χ0n) is 13.6. The van der Waals surface area contributed by atoms with E-state index in [9.17, 15) is 4.79 Å². The molecule has 5 heteroatoms. The van der Waals surface area contributed by atoms with Crippen molar-refractivity contribution in [3.05, 3.63) is 53.5 Å². The smallest absolute Gasteiger partial charge is 0.219 e. The average Bonchev–Trinajstić information content (AvgIpc) is 3.04. The molecule has 0 radical (unpaired) electrons. The van der Waals surface area contributed by atoms with Gasteiger partial charge < -0.3 is 10.2 Å². The minimum Gasteiger partial charge on any atom is -0.366 e. The molecule has 1 aromatic heterocycles. The highest BCUT2D eigenvalue weighted by atomic mass is 16.2. The van der Waals surface area contributed by atoms with Gasteiger partial charge in [0.2, 0.25) is 5.91 Å². The highest BCUT2D eigenvalue weighted by molar-refractivity contribution is 5.73. The summed E-state index contributed by atoms with van der Waals surface area (Å²) in [4.78, 5) is 22.6. The molecule has 1 aliphatic heterocycles. The third-order valence-corrected chi connectivity index (χ3v) is 4.19. The largest absolute Gasteiger partial charge is 0.366 e. The summed E-state index contributed by atoms with van der Waals surface area (Å²) in [5.41, 5.74) is 2.17. The zero-order chi connectivity index (χ0) is 16.2. The van der Waals surface area contributed by atoms with E-state index < -0.39 is 0 Å². The fourth-order valence-corrected chi connectivity index (χ4v) is 2.91. The van der Waals surface area contributed by atoms with Gasteiger partial charge in [-0.3, -0.25) is 4.79 Å². The van der Waals surface area contributed by atoms with Crippen LogP contribution in [0.3, 0.4) is 0 Å². The van der Waals surface area contributed by atoms with Gasteiger partial charge in [-0.15, -0.1) is 0 Å². The summed E-state index contributed by atoms with van der Waals surface area (Å²) in [6, 6.07) is 12.2. The molecule has 1 aromatic carbocycles. The maximum atomic E-state index is 11.5. The van der Waals surface area contributed by atoms with E-state index in [-0.39, 0.29) is 11.8 Å². The number of carbonyl (C=O) groups is 1. The topological polar surface area (TPSA) is 58.1 Å². The molecule has 2 aromatic rings. The van der Waals surface area contributed by atoms with Crippen molar-refractivity contribution in [2.75, 3.05) is 18.4 Å². The quantitative estimate of drug-likeness (QED) is 0.943. The summed E-state index contributed by atoms with van der Waals surface area (Å²) < 4.78 is 0. The van der Waals surface area contributed by atoms with Crippen molar-refractivity contribution >= 4 is 11.7 Å². The monoisotopic (exact) mass is 310 g/mol. The van der Waals surface area contributed by atoms with E-state index in [2.05, 4.69) is 27.4 Å². The zero-order valence-corrected chi connectivity index (χ0v) is 13.6. The maximum absolute atomic E-state index is 11.5. The van der Waals surface area contributed by atoms with Crippen molar-refractivity contribution in [1.82, 2.24) is 14.9 Å². The van der Waals surface area contributed by atoms with Gasteiger partial charge in [0.05, 0.1) is 0 Å². The molecule has 120 valence electrons. The van der Waals surface area contributed by atoms with Crippen LogP contribution in [-0.4, -0.2) is 33.9 Å². The van der Waals surface area contributed by atoms with Crippen LogP contribution >= 0.6 is 0 Å². The van der Waals surface area contributed by atoms with Crippen molar-refractivity contribution < 1.29 is 4.79 Å². The molecule has 0 spiro atoms. The van der Waals surface area contributed by atoms with Gasteiger partial charge in [0.1, 0.15) is 11.6 Å². The van der Waals surface area contributed by atoms with Crippen molar-refractivity contribution in [2.45, 2.75) is 32.7 Å². The first-order valence-corrected chi connectivity index (χ1v) is 8.00. The molecule has 1 amide bonds. The van der Waals surface area contributed by atoms with E-state index in [0.717, 1.165) is 43.4 Å². The first kappa shape index (κ1) is 15.5. The lowest BCUT2D eigenvalue weighted by atomic mass is 10.1. The molecule has 1 saturated heterocycles. The van der Waals surface area contributed by atoms with E-state index in [1.165, 1.54) is 5.56 Å². The van der Waals surface area contributed by atoms with Gasteiger partial charge in [-0.25, -0.2) is 9.97 Å². The number of likely N-dealkylation sites (tertiary alicyclic amines) is 1. The lowest BCUT2D eigenvalue weighted by Gasteiger charge is -2.14. The van der Waals surface area contributed by atoms with Gasteiger partial charge >= 0.3 is 0 Å². The van der Waals surface area contributed by atoms with E-state index >= 15 is 0 Å². The molecule has 0 unspecified atom stereocenters. The molecular weight excluding hydrogens is 288 g/mol. The molecule has 0 saturated carbocycles. The minimum absolute atomic E-state index is 0.127. The number of rotatable bonds is 4. The van der Waals surface area contributed by atoms with Crippen molar-refractivity contribution in [3.8, 4) is 0 Å². The molecule has 5 nitrogen and oxygen atoms in total. The Morgan fingerprint density at radius 3 is 2.78 bits per heavy atom. The Labute approximate surface area is 136 Å². The summed E-state index contributed by atoms with van der Waals surface area (Å²) in [5.74, 6) is 2.04. The summed E-state index contributed by atoms with van der Waals surface area (Å²) in [5, 5.41) is 3.37. The average molecular weight is 310 g/mol. The molecule has 2 heterocycles. The molecule has 1 aliphatic rings. The molecule has 1 fully saturated rings. The third-order valence-electron chi connectivity index (χ3n) is 4.19. The van der Waals surface area contributed by atoms with Gasteiger partial charge in [-0.1, -0.05) is 30.3 Å². The van der Waals surface area contributed by atoms with Gasteiger partial charge in [0.15, 0.2) is 0 Å². The van der Waals surface area contributed by atoms with Crippen LogP contribution in [0.5, 0.6) is 0 Å². The van der Waals surface area contributed by atoms with Gasteiger partial charge in [0, 0.05) is 44.2 Å². The Morgan fingerprint density at radius 2 is 2.09 bits per heavy atom. The normalized spacial score (nSPS) is 17.3. The second-order valence-corrected chi connectivity index (χ2v) is 6.04. The molecule has 0 bridgehead atoms. The Hall–Kier alpha value is -2.43. The van der Waals surface area contributed by atoms with E-state index in [1.807, 2.05) is 36.1 Å². The standard InChI is InChI=1S/C18H22N4O/c1-13-10-17(19-11-15-6-4-3-5-7-15)21-18(20-13)16-8-9-22(12-16)14(2)23/h3-7,10,16H,8-9,11-12H2,1-2H3,(H,19,20,21)/t16-/m1/s1. The maximum Gasteiger partial charge on any atom is 0.219 e. The van der Waals surface area contributed by atoms with Gasteiger partial charge in [0.25, 0.3) is 0 Å². The third kappa shape index (κ3) is 3.86. The number of anilines is 1. The molecule has 0 aliphatic carbocycles. The summed E-state index contributed by atoms with van der Waals surface area (Å²) in [7, 11) is 0. The molecule has 23 heavy (non-hydrogen) atoms. The Bertz CT molecular complexity index is 687. The van der Waals surface area contributed by atoms with Crippen LogP contribution in [0.4, 0.5) is 5.82 Å². The minimum atomic E-state index is 0.127. The van der Waals surface area contributed by atoms with Crippen molar-refractivity contribution in [1.29, 1.82) is 0 Å². The van der Waals surface area contributed by atoms with Crippen LogP contribution < -0.4 is 5.32 Å². The van der Waals surface area contributed by atoms with Crippen molar-refractivity contribution in [2.24, 2.45) is 0 Å². The molecular formula is C18H22N4O. The number of carbonyl (C=O) groups excluding carboxylic acids is 1. The Kier molecular flexibility index (Phi) is 4.55. The van der Waals surface area contributed by atoms with Gasteiger partial charge in [-0.2, -0.15) is 0 Å². The van der Waals surface area contributed by atoms with E-state index in [1.54, 1.807) is 6.92 Å². The fraction of sp³-hybridized carbons (Fsp3) is 0.389. The number of nitrogens with zero attached hydrogens (tertiary/aromatic N) is 3. The molecule has 1 N–H and O–H groups in total. The lowest BCUT2D eigenvalue weighted by molar-refractivity contribution is -0.127. The Balaban J connectivity index is 1.71. The number of nitrogens with one attached hydrogen (secondary N) is 1. The number of hydrogen-bond acceptors (Lipinski definition) is 4. The van der Waals surface area contributed by atoms with E-state index in [4.69, 9.17) is 0 Å². The second-order valence-electron chi connectivity index (χ2n) is 6.04. The summed E-state index contributed by atoms with van der Waals surface area (Å²) in [6.45, 7) is 5.85. The summed E-state index contributed by atoms with van der Waals surface area (Å²) in [6.07, 6.45) is 0.932. The van der Waals surface area contributed by atoms with Crippen LogP contribution in [0.1, 0.15) is 36.3 Å². The fourth-order valence-electron chi connectivity index (χ4n) is 2.91.